The molecule has 0 aliphatic carbocycles. The second-order valence-corrected chi connectivity index (χ2v) is 5.63. The van der Waals surface area contributed by atoms with Gasteiger partial charge in [0.2, 0.25) is 0 Å². The highest BCUT2D eigenvalue weighted by Gasteiger charge is 2.38. The van der Waals surface area contributed by atoms with E-state index in [2.05, 4.69) is 0 Å². The van der Waals surface area contributed by atoms with Crippen molar-refractivity contribution in [1.82, 2.24) is 4.90 Å². The summed E-state index contributed by atoms with van der Waals surface area (Å²) in [5.41, 5.74) is -1.43. The summed E-state index contributed by atoms with van der Waals surface area (Å²) in [6, 6.07) is 4.57. The van der Waals surface area contributed by atoms with Crippen LogP contribution in [0.1, 0.15) is 29.3 Å². The van der Waals surface area contributed by atoms with Gasteiger partial charge in [-0.1, -0.05) is 19.1 Å². The predicted molar refractivity (Wildman–Crippen MR) is 72.3 cm³/mol. The second kappa shape index (κ2) is 5.98. The van der Waals surface area contributed by atoms with Gasteiger partial charge in [-0.25, -0.2) is 0 Å². The molecule has 1 fully saturated rings. The van der Waals surface area contributed by atoms with Crippen LogP contribution in [0.15, 0.2) is 24.3 Å². The van der Waals surface area contributed by atoms with Crippen molar-refractivity contribution < 1.29 is 27.9 Å². The molecule has 0 saturated carbocycles. The van der Waals surface area contributed by atoms with E-state index in [1.165, 1.54) is 17.0 Å². The Morgan fingerprint density at radius 3 is 2.45 bits per heavy atom. The number of likely N-dealkylation sites (tertiary alicyclic amines) is 1. The molecule has 0 radical (unpaired) electrons. The minimum atomic E-state index is -4.63. The van der Waals surface area contributed by atoms with Crippen molar-refractivity contribution in [1.29, 1.82) is 0 Å². The topological polar surface area (TPSA) is 57.6 Å². The minimum Gasteiger partial charge on any atom is -0.481 e. The van der Waals surface area contributed by atoms with Gasteiger partial charge in [-0.05, 0) is 24.5 Å². The fourth-order valence-corrected chi connectivity index (χ4v) is 2.78. The molecule has 1 heterocycles. The fraction of sp³-hybridized carbons (Fsp3) is 0.467. The minimum absolute atomic E-state index is 0.0648. The Balaban J connectivity index is 2.30. The van der Waals surface area contributed by atoms with E-state index in [1.54, 1.807) is 6.92 Å². The van der Waals surface area contributed by atoms with E-state index in [0.717, 1.165) is 12.1 Å². The lowest BCUT2D eigenvalue weighted by atomic mass is 9.90. The third-order valence-electron chi connectivity index (χ3n) is 3.76. The molecular weight excluding hydrogens is 299 g/mol. The van der Waals surface area contributed by atoms with E-state index in [9.17, 15) is 22.8 Å². The largest absolute Gasteiger partial charge is 0.481 e. The third-order valence-corrected chi connectivity index (χ3v) is 3.76. The van der Waals surface area contributed by atoms with Gasteiger partial charge in [0, 0.05) is 13.1 Å². The summed E-state index contributed by atoms with van der Waals surface area (Å²) >= 11 is 0. The summed E-state index contributed by atoms with van der Waals surface area (Å²) in [7, 11) is 0. The highest BCUT2D eigenvalue weighted by molar-refractivity contribution is 5.96. The number of carboxylic acids is 1. The lowest BCUT2D eigenvalue weighted by Crippen LogP contribution is -2.46. The number of alkyl halides is 3. The Kier molecular flexibility index (Phi) is 4.44. The summed E-state index contributed by atoms with van der Waals surface area (Å²) in [5, 5.41) is 9.09. The number of benzene rings is 1. The first-order chi connectivity index (χ1) is 10.2. The van der Waals surface area contributed by atoms with Crippen molar-refractivity contribution in [2.45, 2.75) is 19.5 Å². The SMILES string of the molecule is CC1CC(C(=O)O)CN(C(=O)c2ccccc2C(F)(F)F)C1. The Morgan fingerprint density at radius 1 is 1.23 bits per heavy atom. The molecule has 0 spiro atoms. The summed E-state index contributed by atoms with van der Waals surface area (Å²) in [4.78, 5) is 24.7. The highest BCUT2D eigenvalue weighted by Crippen LogP contribution is 2.33. The number of halogens is 3. The quantitative estimate of drug-likeness (QED) is 0.913. The number of carboxylic acid groups (broad SMARTS) is 1. The van der Waals surface area contributed by atoms with Gasteiger partial charge in [0.1, 0.15) is 0 Å². The molecule has 2 rings (SSSR count). The molecule has 1 amide bonds. The molecule has 1 aliphatic heterocycles. The normalized spacial score (nSPS) is 22.5. The maximum Gasteiger partial charge on any atom is 0.417 e. The van der Waals surface area contributed by atoms with Gasteiger partial charge in [0.25, 0.3) is 5.91 Å². The molecule has 0 aromatic heterocycles. The highest BCUT2D eigenvalue weighted by atomic mass is 19.4. The van der Waals surface area contributed by atoms with E-state index in [1.807, 2.05) is 0 Å². The number of aliphatic carboxylic acids is 1. The molecule has 120 valence electrons. The van der Waals surface area contributed by atoms with Gasteiger partial charge in [0.15, 0.2) is 0 Å². The van der Waals surface area contributed by atoms with Crippen LogP contribution in [0.2, 0.25) is 0 Å². The maximum atomic E-state index is 13.0. The number of nitrogens with zero attached hydrogens (tertiary/aromatic N) is 1. The number of amides is 1. The standard InChI is InChI=1S/C15H16F3NO3/c1-9-6-10(14(21)22)8-19(7-9)13(20)11-4-2-3-5-12(11)15(16,17)18/h2-5,9-10H,6-8H2,1H3,(H,21,22). The number of carbonyl (C=O) groups is 2. The van der Waals surface area contributed by atoms with Gasteiger partial charge < -0.3 is 10.0 Å². The van der Waals surface area contributed by atoms with Crippen LogP contribution in [0.4, 0.5) is 13.2 Å². The monoisotopic (exact) mass is 315 g/mol. The lowest BCUT2D eigenvalue weighted by molar-refractivity contribution is -0.144. The first-order valence-electron chi connectivity index (χ1n) is 6.88. The second-order valence-electron chi connectivity index (χ2n) is 5.63. The smallest absolute Gasteiger partial charge is 0.417 e. The molecular formula is C15H16F3NO3. The average molecular weight is 315 g/mol. The first kappa shape index (κ1) is 16.3. The molecule has 1 aromatic carbocycles. The van der Waals surface area contributed by atoms with Gasteiger partial charge in [-0.15, -0.1) is 0 Å². The molecule has 22 heavy (non-hydrogen) atoms. The molecule has 1 N–H and O–H groups in total. The van der Waals surface area contributed by atoms with Gasteiger partial charge in [-0.3, -0.25) is 9.59 Å². The van der Waals surface area contributed by atoms with Gasteiger partial charge >= 0.3 is 12.1 Å². The molecule has 7 heteroatoms. The molecule has 0 bridgehead atoms. The Labute approximate surface area is 125 Å². The van der Waals surface area contributed by atoms with Crippen molar-refractivity contribution in [2.24, 2.45) is 11.8 Å². The number of hydrogen-bond donors (Lipinski definition) is 1. The number of carbonyl (C=O) groups excluding carboxylic acids is 1. The van der Waals surface area contributed by atoms with E-state index >= 15 is 0 Å². The van der Waals surface area contributed by atoms with E-state index < -0.39 is 35.1 Å². The van der Waals surface area contributed by atoms with Crippen molar-refractivity contribution >= 4 is 11.9 Å². The van der Waals surface area contributed by atoms with Crippen LogP contribution in [-0.4, -0.2) is 35.0 Å². The summed E-state index contributed by atoms with van der Waals surface area (Å²) < 4.78 is 39.0. The van der Waals surface area contributed by atoms with Crippen molar-refractivity contribution in [3.63, 3.8) is 0 Å². The van der Waals surface area contributed by atoms with Crippen LogP contribution in [-0.2, 0) is 11.0 Å². The van der Waals surface area contributed by atoms with Gasteiger partial charge in [0.05, 0.1) is 17.0 Å². The van der Waals surface area contributed by atoms with E-state index in [0.29, 0.717) is 6.42 Å². The van der Waals surface area contributed by atoms with Crippen LogP contribution in [0.3, 0.4) is 0 Å². The maximum absolute atomic E-state index is 13.0. The molecule has 1 aromatic rings. The summed E-state index contributed by atoms with van der Waals surface area (Å²) in [6.45, 7) is 1.98. The van der Waals surface area contributed by atoms with Crippen molar-refractivity contribution in [2.75, 3.05) is 13.1 Å². The van der Waals surface area contributed by atoms with Crippen LogP contribution in [0.25, 0.3) is 0 Å². The third kappa shape index (κ3) is 3.40. The van der Waals surface area contributed by atoms with E-state index in [-0.39, 0.29) is 19.0 Å². The Morgan fingerprint density at radius 2 is 1.86 bits per heavy atom. The average Bonchev–Trinajstić information content (AvgIpc) is 2.45. The first-order valence-corrected chi connectivity index (χ1v) is 6.88. The van der Waals surface area contributed by atoms with Crippen LogP contribution >= 0.6 is 0 Å². The lowest BCUT2D eigenvalue weighted by Gasteiger charge is -2.35. The summed E-state index contributed by atoms with van der Waals surface area (Å²) in [5.74, 6) is -2.62. The number of rotatable bonds is 2. The fourth-order valence-electron chi connectivity index (χ4n) is 2.78. The zero-order chi connectivity index (χ0) is 16.5. The van der Waals surface area contributed by atoms with Crippen LogP contribution in [0, 0.1) is 11.8 Å². The van der Waals surface area contributed by atoms with E-state index in [4.69, 9.17) is 5.11 Å². The predicted octanol–water partition coefficient (Wildman–Crippen LogP) is 2.89. The number of piperidine rings is 1. The van der Waals surface area contributed by atoms with Crippen LogP contribution in [0.5, 0.6) is 0 Å². The van der Waals surface area contributed by atoms with Crippen molar-refractivity contribution in [3.05, 3.63) is 35.4 Å². The number of hydrogen-bond acceptors (Lipinski definition) is 2. The Bertz CT molecular complexity index is 586. The Hall–Kier alpha value is -2.05. The molecule has 2 unspecified atom stereocenters. The molecule has 1 saturated heterocycles. The van der Waals surface area contributed by atoms with Crippen LogP contribution < -0.4 is 0 Å². The van der Waals surface area contributed by atoms with Crippen molar-refractivity contribution in [3.8, 4) is 0 Å². The van der Waals surface area contributed by atoms with Gasteiger partial charge in [-0.2, -0.15) is 13.2 Å². The molecule has 2 atom stereocenters. The molecule has 4 nitrogen and oxygen atoms in total. The summed E-state index contributed by atoms with van der Waals surface area (Å²) in [6.07, 6.45) is -4.21. The zero-order valence-electron chi connectivity index (χ0n) is 11.9. The molecule has 1 aliphatic rings. The zero-order valence-corrected chi connectivity index (χ0v) is 11.9.